The number of aliphatic hydroxyl groups excluding tert-OH is 2. The Morgan fingerprint density at radius 2 is 1.68 bits per heavy atom. The monoisotopic (exact) mass is 540 g/mol. The fourth-order valence-electron chi connectivity index (χ4n) is 5.27. The third kappa shape index (κ3) is 4.84. The number of fused-ring (bicyclic) bond motifs is 3. The third-order valence-corrected chi connectivity index (χ3v) is 8.56. The lowest BCUT2D eigenvalue weighted by atomic mass is 9.69. The van der Waals surface area contributed by atoms with Crippen LogP contribution in [0.2, 0.25) is 0 Å². The summed E-state index contributed by atoms with van der Waals surface area (Å²) in [6.07, 6.45) is -8.85. The number of esters is 4. The van der Waals surface area contributed by atoms with Crippen molar-refractivity contribution in [1.29, 1.82) is 0 Å². The van der Waals surface area contributed by atoms with E-state index in [-0.39, 0.29) is 24.0 Å². The second-order valence-electron chi connectivity index (χ2n) is 12.1. The van der Waals surface area contributed by atoms with Gasteiger partial charge in [0.25, 0.3) is 0 Å². The molecule has 0 bridgehead atoms. The molecule has 38 heavy (non-hydrogen) atoms. The van der Waals surface area contributed by atoms with Crippen molar-refractivity contribution < 1.29 is 53.4 Å². The SMILES string of the molecule is CCCC(=O)O[C@H]1CC(OC(C)=O)C2C(=C(C)[C@H](O)C2OC(=O)C(C)(C)C(C)(C)C)C2OC(=O)C(O)C21O. The molecule has 1 saturated heterocycles. The highest BCUT2D eigenvalue weighted by Crippen LogP contribution is 2.52. The molecule has 8 atom stereocenters. The highest BCUT2D eigenvalue weighted by Gasteiger charge is 2.69. The minimum Gasteiger partial charge on any atom is -0.462 e. The first-order valence-corrected chi connectivity index (χ1v) is 13.0. The zero-order valence-corrected chi connectivity index (χ0v) is 23.3. The van der Waals surface area contributed by atoms with Gasteiger partial charge < -0.3 is 34.3 Å². The van der Waals surface area contributed by atoms with Crippen molar-refractivity contribution in [1.82, 2.24) is 0 Å². The van der Waals surface area contributed by atoms with E-state index in [1.165, 1.54) is 13.8 Å². The molecule has 2 fully saturated rings. The van der Waals surface area contributed by atoms with E-state index in [2.05, 4.69) is 0 Å². The summed E-state index contributed by atoms with van der Waals surface area (Å²) in [5.41, 5.74) is -3.56. The van der Waals surface area contributed by atoms with E-state index in [1.54, 1.807) is 20.8 Å². The number of hydrogen-bond donors (Lipinski definition) is 3. The molecule has 11 heteroatoms. The van der Waals surface area contributed by atoms with Crippen LogP contribution in [0.25, 0.3) is 0 Å². The molecule has 0 aromatic rings. The Labute approximate surface area is 222 Å². The first kappa shape index (κ1) is 30.0. The summed E-state index contributed by atoms with van der Waals surface area (Å²) in [6, 6.07) is 0. The molecule has 0 amide bonds. The van der Waals surface area contributed by atoms with Crippen LogP contribution in [0.3, 0.4) is 0 Å². The predicted octanol–water partition coefficient (Wildman–Crippen LogP) is 1.34. The number of hydrogen-bond acceptors (Lipinski definition) is 11. The van der Waals surface area contributed by atoms with Crippen molar-refractivity contribution in [2.75, 3.05) is 0 Å². The molecule has 3 N–H and O–H groups in total. The number of rotatable bonds is 6. The lowest BCUT2D eigenvalue weighted by Gasteiger charge is -2.39. The molecule has 0 aromatic carbocycles. The van der Waals surface area contributed by atoms with Crippen LogP contribution < -0.4 is 0 Å². The molecule has 0 spiro atoms. The summed E-state index contributed by atoms with van der Waals surface area (Å²) >= 11 is 0. The van der Waals surface area contributed by atoms with Crippen LogP contribution in [0.5, 0.6) is 0 Å². The second-order valence-corrected chi connectivity index (χ2v) is 12.1. The van der Waals surface area contributed by atoms with Gasteiger partial charge in [-0.15, -0.1) is 0 Å². The van der Waals surface area contributed by atoms with Crippen molar-refractivity contribution in [3.8, 4) is 0 Å². The van der Waals surface area contributed by atoms with Crippen LogP contribution in [0.1, 0.15) is 74.7 Å². The van der Waals surface area contributed by atoms with Crippen LogP contribution in [0, 0.1) is 16.7 Å². The van der Waals surface area contributed by atoms with Gasteiger partial charge in [-0.2, -0.15) is 0 Å². The maximum Gasteiger partial charge on any atom is 0.339 e. The van der Waals surface area contributed by atoms with E-state index in [0.717, 1.165) is 0 Å². The number of carbonyl (C=O) groups is 4. The highest BCUT2D eigenvalue weighted by atomic mass is 16.6. The van der Waals surface area contributed by atoms with Crippen molar-refractivity contribution in [2.45, 2.75) is 117 Å². The van der Waals surface area contributed by atoms with Crippen LogP contribution in [0.4, 0.5) is 0 Å². The molecular weight excluding hydrogens is 500 g/mol. The zero-order chi connectivity index (χ0) is 29.0. The Kier molecular flexibility index (Phi) is 8.09. The van der Waals surface area contributed by atoms with Gasteiger partial charge in [0.2, 0.25) is 0 Å². The summed E-state index contributed by atoms with van der Waals surface area (Å²) in [4.78, 5) is 50.5. The molecule has 3 rings (SSSR count). The fourth-order valence-corrected chi connectivity index (χ4v) is 5.27. The van der Waals surface area contributed by atoms with Crippen molar-refractivity contribution in [3.63, 3.8) is 0 Å². The molecule has 1 aliphatic heterocycles. The first-order valence-electron chi connectivity index (χ1n) is 13.0. The third-order valence-electron chi connectivity index (χ3n) is 8.56. The predicted molar refractivity (Wildman–Crippen MR) is 131 cm³/mol. The summed E-state index contributed by atoms with van der Waals surface area (Å²) < 4.78 is 22.4. The van der Waals surface area contributed by atoms with Gasteiger partial charge in [0, 0.05) is 19.8 Å². The van der Waals surface area contributed by atoms with E-state index < -0.39 is 82.8 Å². The molecule has 1 heterocycles. The minimum atomic E-state index is -2.44. The van der Waals surface area contributed by atoms with Crippen LogP contribution >= 0.6 is 0 Å². The van der Waals surface area contributed by atoms with E-state index in [4.69, 9.17) is 18.9 Å². The Hall–Kier alpha value is -2.50. The number of ether oxygens (including phenoxy) is 4. The molecular formula is C27H40O11. The average Bonchev–Trinajstić information content (AvgIpc) is 3.13. The maximum absolute atomic E-state index is 13.4. The molecule has 1 saturated carbocycles. The van der Waals surface area contributed by atoms with Gasteiger partial charge in [-0.05, 0) is 43.8 Å². The van der Waals surface area contributed by atoms with Crippen LogP contribution in [0.15, 0.2) is 11.1 Å². The van der Waals surface area contributed by atoms with Crippen LogP contribution in [-0.2, 0) is 38.1 Å². The first-order chi connectivity index (χ1) is 17.4. The molecule has 2 aliphatic carbocycles. The van der Waals surface area contributed by atoms with Crippen molar-refractivity contribution >= 4 is 23.9 Å². The number of carbonyl (C=O) groups excluding carboxylic acids is 4. The minimum absolute atomic E-state index is 0.00632. The van der Waals surface area contributed by atoms with Gasteiger partial charge in [-0.1, -0.05) is 27.7 Å². The summed E-state index contributed by atoms with van der Waals surface area (Å²) in [5, 5.41) is 33.7. The molecule has 11 nitrogen and oxygen atoms in total. The lowest BCUT2D eigenvalue weighted by molar-refractivity contribution is -0.188. The average molecular weight is 541 g/mol. The summed E-state index contributed by atoms with van der Waals surface area (Å²) in [7, 11) is 0. The zero-order valence-electron chi connectivity index (χ0n) is 23.3. The number of aliphatic hydroxyl groups is 3. The smallest absolute Gasteiger partial charge is 0.339 e. The normalized spacial score (nSPS) is 35.1. The van der Waals surface area contributed by atoms with Gasteiger partial charge >= 0.3 is 23.9 Å². The van der Waals surface area contributed by atoms with Gasteiger partial charge in [0.1, 0.15) is 24.4 Å². The molecule has 0 aromatic heterocycles. The largest absolute Gasteiger partial charge is 0.462 e. The summed E-state index contributed by atoms with van der Waals surface area (Å²) in [5.74, 6) is -4.20. The van der Waals surface area contributed by atoms with Gasteiger partial charge in [0.05, 0.1) is 11.3 Å². The van der Waals surface area contributed by atoms with E-state index in [0.29, 0.717) is 6.42 Å². The van der Waals surface area contributed by atoms with Crippen molar-refractivity contribution in [2.24, 2.45) is 16.7 Å². The quantitative estimate of drug-likeness (QED) is 0.253. The topological polar surface area (TPSA) is 166 Å². The molecule has 3 aliphatic rings. The summed E-state index contributed by atoms with van der Waals surface area (Å²) in [6.45, 7) is 13.5. The maximum atomic E-state index is 13.4. The Morgan fingerprint density at radius 3 is 2.21 bits per heavy atom. The van der Waals surface area contributed by atoms with Crippen molar-refractivity contribution in [3.05, 3.63) is 11.1 Å². The Bertz CT molecular complexity index is 1020. The Morgan fingerprint density at radius 1 is 1.08 bits per heavy atom. The molecule has 214 valence electrons. The lowest BCUT2D eigenvalue weighted by Crippen LogP contribution is -2.58. The van der Waals surface area contributed by atoms with Gasteiger partial charge in [-0.25, -0.2) is 4.79 Å². The molecule has 0 radical (unpaired) electrons. The Balaban J connectivity index is 2.14. The van der Waals surface area contributed by atoms with E-state index >= 15 is 0 Å². The highest BCUT2D eigenvalue weighted by molar-refractivity contribution is 5.81. The molecule has 6 unspecified atom stereocenters. The second kappa shape index (κ2) is 10.2. The standard InChI is InChI=1S/C27H40O11/c1-9-10-16(29)36-15-11-14(35-13(3)28)18-17(22-27(15,34)21(31)23(32)38-22)12(2)19(30)20(18)37-24(33)26(7,8)25(4,5)6/h14-15,18-22,30-31,34H,9-11H2,1-8H3/t14?,15-,18?,19-,20?,21?,22?,27?/m0/s1. The van der Waals surface area contributed by atoms with E-state index in [1.807, 2.05) is 20.8 Å². The van der Waals surface area contributed by atoms with Crippen LogP contribution in [-0.4, -0.2) is 81.4 Å². The van der Waals surface area contributed by atoms with Gasteiger partial charge in [0.15, 0.2) is 17.8 Å². The van der Waals surface area contributed by atoms with E-state index in [9.17, 15) is 34.5 Å². The van der Waals surface area contributed by atoms with Gasteiger partial charge in [-0.3, -0.25) is 14.4 Å². The fraction of sp³-hybridized carbons (Fsp3) is 0.778.